The minimum absolute atomic E-state index is 0.0396. The van der Waals surface area contributed by atoms with E-state index in [0.717, 1.165) is 0 Å². The van der Waals surface area contributed by atoms with E-state index in [1.54, 1.807) is 13.8 Å². The summed E-state index contributed by atoms with van der Waals surface area (Å²) in [6.45, 7) is 4.33. The Morgan fingerprint density at radius 2 is 2.14 bits per heavy atom. The lowest BCUT2D eigenvalue weighted by atomic mass is 10.1. The molecule has 0 aromatic carbocycles. The number of carbonyl (C=O) groups excluding carboxylic acids is 1. The van der Waals surface area contributed by atoms with Gasteiger partial charge in [0, 0.05) is 13.2 Å². The van der Waals surface area contributed by atoms with E-state index in [-0.39, 0.29) is 12.5 Å². The van der Waals surface area contributed by atoms with Crippen molar-refractivity contribution in [2.24, 2.45) is 5.92 Å². The van der Waals surface area contributed by atoms with Gasteiger partial charge >= 0.3 is 5.97 Å². The number of aliphatic carboxylic acids is 1. The van der Waals surface area contributed by atoms with Crippen molar-refractivity contribution in [1.82, 2.24) is 5.32 Å². The first-order chi connectivity index (χ1) is 6.57. The molecule has 5 nitrogen and oxygen atoms in total. The molecule has 82 valence electrons. The second kappa shape index (κ2) is 7.32. The Balaban J connectivity index is 3.44. The van der Waals surface area contributed by atoms with Gasteiger partial charge in [0.05, 0.1) is 5.92 Å². The molecule has 0 aliphatic rings. The fourth-order valence-electron chi connectivity index (χ4n) is 0.797. The molecule has 0 bridgehead atoms. The Hall–Kier alpha value is -1.10. The summed E-state index contributed by atoms with van der Waals surface area (Å²) in [5.41, 5.74) is 0. The quantitative estimate of drug-likeness (QED) is 0.622. The Kier molecular flexibility index (Phi) is 6.74. The highest BCUT2D eigenvalue weighted by Crippen LogP contribution is 1.99. The number of nitrogens with one attached hydrogen (secondary N) is 1. The molecule has 0 radical (unpaired) electrons. The van der Waals surface area contributed by atoms with Crippen LogP contribution in [0.25, 0.3) is 0 Å². The lowest BCUT2D eigenvalue weighted by molar-refractivity contribution is -0.141. The zero-order valence-corrected chi connectivity index (χ0v) is 8.58. The number of carboxylic acids is 1. The summed E-state index contributed by atoms with van der Waals surface area (Å²) < 4.78 is 4.87. The number of hydrogen-bond donors (Lipinski definition) is 2. The molecular weight excluding hydrogens is 186 g/mol. The van der Waals surface area contributed by atoms with Crippen LogP contribution in [0.5, 0.6) is 0 Å². The SMILES string of the molecule is CCOCC(=O)NCCC(C)C(=O)O. The van der Waals surface area contributed by atoms with Crippen molar-refractivity contribution < 1.29 is 19.4 Å². The molecular formula is C9H17NO4. The molecule has 0 aliphatic heterocycles. The van der Waals surface area contributed by atoms with Gasteiger partial charge in [0.1, 0.15) is 6.61 Å². The molecule has 5 heteroatoms. The van der Waals surface area contributed by atoms with E-state index in [0.29, 0.717) is 19.6 Å². The smallest absolute Gasteiger partial charge is 0.306 e. The number of ether oxygens (including phenoxy) is 1. The fraction of sp³-hybridized carbons (Fsp3) is 0.778. The maximum atomic E-state index is 11.0. The monoisotopic (exact) mass is 203 g/mol. The summed E-state index contributed by atoms with van der Waals surface area (Å²) in [4.78, 5) is 21.4. The standard InChI is InChI=1S/C9H17NO4/c1-3-14-6-8(11)10-5-4-7(2)9(12)13/h7H,3-6H2,1-2H3,(H,10,11)(H,12,13). The normalized spacial score (nSPS) is 12.1. The average Bonchev–Trinajstić information content (AvgIpc) is 2.14. The summed E-state index contributed by atoms with van der Waals surface area (Å²) in [5, 5.41) is 11.1. The summed E-state index contributed by atoms with van der Waals surface area (Å²) >= 11 is 0. The van der Waals surface area contributed by atoms with E-state index in [9.17, 15) is 9.59 Å². The van der Waals surface area contributed by atoms with Crippen LogP contribution in [0.4, 0.5) is 0 Å². The molecule has 0 aromatic heterocycles. The van der Waals surface area contributed by atoms with Gasteiger partial charge in [-0.2, -0.15) is 0 Å². The number of carboxylic acid groups (broad SMARTS) is 1. The third-order valence-corrected chi connectivity index (χ3v) is 1.76. The van der Waals surface area contributed by atoms with E-state index in [4.69, 9.17) is 9.84 Å². The highest BCUT2D eigenvalue weighted by Gasteiger charge is 2.10. The molecule has 0 aromatic rings. The van der Waals surface area contributed by atoms with Crippen LogP contribution in [0, 0.1) is 5.92 Å². The topological polar surface area (TPSA) is 75.6 Å². The van der Waals surface area contributed by atoms with Gasteiger partial charge in [0.2, 0.25) is 5.91 Å². The van der Waals surface area contributed by atoms with Crippen molar-refractivity contribution in [3.8, 4) is 0 Å². The maximum Gasteiger partial charge on any atom is 0.306 e. The molecule has 0 fully saturated rings. The minimum Gasteiger partial charge on any atom is -0.481 e. The van der Waals surface area contributed by atoms with Gasteiger partial charge in [-0.25, -0.2) is 0 Å². The third kappa shape index (κ3) is 6.42. The second-order valence-electron chi connectivity index (χ2n) is 3.02. The van der Waals surface area contributed by atoms with E-state index < -0.39 is 11.9 Å². The van der Waals surface area contributed by atoms with E-state index in [1.807, 2.05) is 0 Å². The summed E-state index contributed by atoms with van der Waals surface area (Å²) in [5.74, 6) is -1.48. The summed E-state index contributed by atoms with van der Waals surface area (Å²) in [6.07, 6.45) is 0.438. The second-order valence-corrected chi connectivity index (χ2v) is 3.02. The van der Waals surface area contributed by atoms with Crippen LogP contribution >= 0.6 is 0 Å². The molecule has 0 rings (SSSR count). The lowest BCUT2D eigenvalue weighted by Crippen LogP contribution is -2.30. The predicted octanol–water partition coefficient (Wildman–Crippen LogP) is 0.250. The molecule has 1 unspecified atom stereocenters. The summed E-state index contributed by atoms with van der Waals surface area (Å²) in [6, 6.07) is 0. The van der Waals surface area contributed by atoms with Crippen LogP contribution in [0.15, 0.2) is 0 Å². The minimum atomic E-state index is -0.843. The van der Waals surface area contributed by atoms with Crippen LogP contribution in [0.1, 0.15) is 20.3 Å². The Morgan fingerprint density at radius 3 is 2.64 bits per heavy atom. The van der Waals surface area contributed by atoms with Gasteiger partial charge < -0.3 is 15.2 Å². The largest absolute Gasteiger partial charge is 0.481 e. The molecule has 0 saturated heterocycles. The number of amides is 1. The van der Waals surface area contributed by atoms with Crippen LogP contribution in [-0.4, -0.2) is 36.7 Å². The van der Waals surface area contributed by atoms with Crippen molar-refractivity contribution in [1.29, 1.82) is 0 Å². The fourth-order valence-corrected chi connectivity index (χ4v) is 0.797. The van der Waals surface area contributed by atoms with Gasteiger partial charge in [-0.1, -0.05) is 6.92 Å². The maximum absolute atomic E-state index is 11.0. The van der Waals surface area contributed by atoms with Crippen LogP contribution < -0.4 is 5.32 Å². The molecule has 0 heterocycles. The van der Waals surface area contributed by atoms with Gasteiger partial charge in [0.15, 0.2) is 0 Å². The first-order valence-electron chi connectivity index (χ1n) is 4.65. The van der Waals surface area contributed by atoms with E-state index in [2.05, 4.69) is 5.32 Å². The first kappa shape index (κ1) is 12.9. The van der Waals surface area contributed by atoms with Gasteiger partial charge in [-0.15, -0.1) is 0 Å². The molecule has 1 amide bonds. The predicted molar refractivity (Wildman–Crippen MR) is 50.9 cm³/mol. The van der Waals surface area contributed by atoms with Gasteiger partial charge in [0.25, 0.3) is 0 Å². The van der Waals surface area contributed by atoms with Gasteiger partial charge in [-0.05, 0) is 13.3 Å². The Morgan fingerprint density at radius 1 is 1.50 bits per heavy atom. The van der Waals surface area contributed by atoms with E-state index >= 15 is 0 Å². The van der Waals surface area contributed by atoms with Crippen molar-refractivity contribution >= 4 is 11.9 Å². The van der Waals surface area contributed by atoms with Crippen molar-refractivity contribution in [2.45, 2.75) is 20.3 Å². The molecule has 0 aliphatic carbocycles. The Bertz CT molecular complexity index is 193. The van der Waals surface area contributed by atoms with Gasteiger partial charge in [-0.3, -0.25) is 9.59 Å². The van der Waals surface area contributed by atoms with Crippen molar-refractivity contribution in [3.63, 3.8) is 0 Å². The number of hydrogen-bond acceptors (Lipinski definition) is 3. The highest BCUT2D eigenvalue weighted by atomic mass is 16.5. The highest BCUT2D eigenvalue weighted by molar-refractivity contribution is 5.77. The molecule has 2 N–H and O–H groups in total. The molecule has 0 spiro atoms. The number of carbonyl (C=O) groups is 2. The molecule has 1 atom stereocenters. The third-order valence-electron chi connectivity index (χ3n) is 1.76. The summed E-state index contributed by atoms with van der Waals surface area (Å²) in [7, 11) is 0. The Labute approximate surface area is 83.4 Å². The lowest BCUT2D eigenvalue weighted by Gasteiger charge is -2.07. The average molecular weight is 203 g/mol. The molecule has 14 heavy (non-hydrogen) atoms. The molecule has 0 saturated carbocycles. The van der Waals surface area contributed by atoms with E-state index in [1.165, 1.54) is 0 Å². The van der Waals surface area contributed by atoms with Crippen LogP contribution in [-0.2, 0) is 14.3 Å². The zero-order chi connectivity index (χ0) is 11.0. The number of rotatable bonds is 7. The van der Waals surface area contributed by atoms with Crippen molar-refractivity contribution in [2.75, 3.05) is 19.8 Å². The van der Waals surface area contributed by atoms with Crippen LogP contribution in [0.2, 0.25) is 0 Å². The van der Waals surface area contributed by atoms with Crippen molar-refractivity contribution in [3.05, 3.63) is 0 Å². The first-order valence-corrected chi connectivity index (χ1v) is 4.65. The zero-order valence-electron chi connectivity index (χ0n) is 8.58. The van der Waals surface area contributed by atoms with Crippen LogP contribution in [0.3, 0.4) is 0 Å².